The van der Waals surface area contributed by atoms with Crippen molar-refractivity contribution in [2.75, 3.05) is 0 Å². The summed E-state index contributed by atoms with van der Waals surface area (Å²) in [6.07, 6.45) is 0. The lowest BCUT2D eigenvalue weighted by Crippen LogP contribution is -1.94. The number of benzene rings is 7. The van der Waals surface area contributed by atoms with E-state index in [0.717, 1.165) is 100 Å². The maximum absolute atomic E-state index is 5.35. The number of nitrogens with zero attached hydrogens (tertiary/aromatic N) is 3. The van der Waals surface area contributed by atoms with Gasteiger partial charge in [-0.2, -0.15) is 0 Å². The van der Waals surface area contributed by atoms with E-state index in [-0.39, 0.29) is 0 Å². The van der Waals surface area contributed by atoms with Gasteiger partial charge < -0.3 is 0 Å². The summed E-state index contributed by atoms with van der Waals surface area (Å²) in [5.74, 6) is 0. The lowest BCUT2D eigenvalue weighted by Gasteiger charge is -2.13. The third-order valence-corrected chi connectivity index (χ3v) is 10.4. The van der Waals surface area contributed by atoms with Crippen molar-refractivity contribution < 1.29 is 0 Å². The minimum atomic E-state index is 0.890. The Hall–Kier alpha value is -7.49. The highest BCUT2D eigenvalue weighted by Gasteiger charge is 2.15. The molecule has 3 heteroatoms. The molecule has 3 nitrogen and oxygen atoms in total. The number of pyridine rings is 3. The van der Waals surface area contributed by atoms with Crippen molar-refractivity contribution in [2.45, 2.75) is 0 Å². The monoisotopic (exact) mass is 713 g/mol. The summed E-state index contributed by atoms with van der Waals surface area (Å²) in [6.45, 7) is 0. The van der Waals surface area contributed by atoms with Gasteiger partial charge in [-0.05, 0) is 69.8 Å². The molecular weight excluding hydrogens is 679 g/mol. The second-order valence-corrected chi connectivity index (χ2v) is 14.0. The highest BCUT2D eigenvalue weighted by molar-refractivity contribution is 6.09. The standard InChI is InChI=1S/C53H35N3/c1-5-15-36(16-6-1)45-33-49(38-19-9-3-10-20-38)54-50(34-45)44-26-14-24-42(32-44)41-23-13-25-43(31-41)48-30-28-40-27-29-46-47(37-17-7-2-8-18-37)35-51(39-21-11-4-12-22-39)56-53(46)52(40)55-48/h1-35H. The van der Waals surface area contributed by atoms with E-state index in [1.54, 1.807) is 0 Å². The van der Waals surface area contributed by atoms with Crippen LogP contribution in [0.2, 0.25) is 0 Å². The van der Waals surface area contributed by atoms with Crippen LogP contribution >= 0.6 is 0 Å². The van der Waals surface area contributed by atoms with Crippen LogP contribution in [0, 0.1) is 0 Å². The van der Waals surface area contributed by atoms with E-state index in [0.29, 0.717) is 0 Å². The molecule has 0 radical (unpaired) electrons. The number of fused-ring (bicyclic) bond motifs is 3. The van der Waals surface area contributed by atoms with Crippen LogP contribution < -0.4 is 0 Å². The highest BCUT2D eigenvalue weighted by atomic mass is 14.8. The topological polar surface area (TPSA) is 38.7 Å². The summed E-state index contributed by atoms with van der Waals surface area (Å²) in [6, 6.07) is 74.4. The number of rotatable bonds is 7. The van der Waals surface area contributed by atoms with Gasteiger partial charge in [-0.1, -0.05) is 176 Å². The van der Waals surface area contributed by atoms with Crippen LogP contribution in [-0.2, 0) is 0 Å². The van der Waals surface area contributed by atoms with E-state index >= 15 is 0 Å². The first-order valence-corrected chi connectivity index (χ1v) is 18.9. The molecule has 0 fully saturated rings. The van der Waals surface area contributed by atoms with Gasteiger partial charge in [0.05, 0.1) is 33.8 Å². The predicted octanol–water partition coefficient (Wildman–Crippen LogP) is 13.8. The van der Waals surface area contributed by atoms with Crippen molar-refractivity contribution in [3.05, 3.63) is 212 Å². The fraction of sp³-hybridized carbons (Fsp3) is 0. The normalized spacial score (nSPS) is 11.2. The van der Waals surface area contributed by atoms with Gasteiger partial charge in [0.2, 0.25) is 0 Å². The fourth-order valence-corrected chi connectivity index (χ4v) is 7.59. The van der Waals surface area contributed by atoms with Crippen molar-refractivity contribution >= 4 is 21.8 Å². The van der Waals surface area contributed by atoms with Crippen LogP contribution in [0.4, 0.5) is 0 Å². The van der Waals surface area contributed by atoms with Crippen LogP contribution in [0.15, 0.2) is 212 Å². The van der Waals surface area contributed by atoms with Crippen molar-refractivity contribution in [1.29, 1.82) is 0 Å². The molecule has 3 aromatic heterocycles. The first-order valence-electron chi connectivity index (χ1n) is 18.9. The van der Waals surface area contributed by atoms with E-state index in [4.69, 9.17) is 15.0 Å². The van der Waals surface area contributed by atoms with E-state index in [2.05, 4.69) is 200 Å². The minimum Gasteiger partial charge on any atom is -0.248 e. The van der Waals surface area contributed by atoms with Gasteiger partial charge in [-0.25, -0.2) is 15.0 Å². The molecule has 262 valence electrons. The quantitative estimate of drug-likeness (QED) is 0.154. The zero-order valence-electron chi connectivity index (χ0n) is 30.5. The molecule has 0 saturated carbocycles. The Kier molecular flexibility index (Phi) is 8.51. The number of aromatic nitrogens is 3. The van der Waals surface area contributed by atoms with Crippen molar-refractivity contribution in [3.63, 3.8) is 0 Å². The molecule has 0 spiro atoms. The van der Waals surface area contributed by atoms with Crippen molar-refractivity contribution in [3.8, 4) is 78.4 Å². The summed E-state index contributed by atoms with van der Waals surface area (Å²) in [7, 11) is 0. The van der Waals surface area contributed by atoms with E-state index in [1.807, 2.05) is 12.1 Å². The van der Waals surface area contributed by atoms with E-state index in [9.17, 15) is 0 Å². The molecule has 56 heavy (non-hydrogen) atoms. The smallest absolute Gasteiger partial charge is 0.0978 e. The van der Waals surface area contributed by atoms with Gasteiger partial charge in [0.1, 0.15) is 0 Å². The average molecular weight is 714 g/mol. The van der Waals surface area contributed by atoms with Gasteiger partial charge >= 0.3 is 0 Å². The summed E-state index contributed by atoms with van der Waals surface area (Å²) in [5, 5.41) is 2.14. The second kappa shape index (κ2) is 14.4. The summed E-state index contributed by atoms with van der Waals surface area (Å²) < 4.78 is 0. The van der Waals surface area contributed by atoms with Gasteiger partial charge in [-0.3, -0.25) is 0 Å². The molecule has 0 amide bonds. The van der Waals surface area contributed by atoms with E-state index < -0.39 is 0 Å². The molecular formula is C53H35N3. The largest absolute Gasteiger partial charge is 0.248 e. The van der Waals surface area contributed by atoms with Crippen molar-refractivity contribution in [2.24, 2.45) is 0 Å². The van der Waals surface area contributed by atoms with Gasteiger partial charge in [0.15, 0.2) is 0 Å². The van der Waals surface area contributed by atoms with Crippen LogP contribution in [0.3, 0.4) is 0 Å². The van der Waals surface area contributed by atoms with Crippen LogP contribution in [-0.4, -0.2) is 15.0 Å². The maximum atomic E-state index is 5.35. The third-order valence-electron chi connectivity index (χ3n) is 10.4. The highest BCUT2D eigenvalue weighted by Crippen LogP contribution is 2.37. The van der Waals surface area contributed by atoms with Gasteiger partial charge in [0, 0.05) is 33.0 Å². The van der Waals surface area contributed by atoms with Crippen LogP contribution in [0.25, 0.3) is 100 Å². The molecule has 0 aliphatic rings. The SMILES string of the molecule is c1ccc(-c2cc(-c3ccccc3)nc(-c3cccc(-c4cccc(-c5ccc6ccc7c(-c8ccccc8)cc(-c8ccccc8)nc7c6n5)c4)c3)c2)cc1. The molecule has 0 N–H and O–H groups in total. The predicted molar refractivity (Wildman–Crippen MR) is 233 cm³/mol. The van der Waals surface area contributed by atoms with Crippen LogP contribution in [0.5, 0.6) is 0 Å². The molecule has 0 saturated heterocycles. The van der Waals surface area contributed by atoms with Gasteiger partial charge in [-0.15, -0.1) is 0 Å². The molecule has 0 aliphatic heterocycles. The first-order chi connectivity index (χ1) is 27.7. The molecule has 10 rings (SSSR count). The molecule has 10 aromatic rings. The number of hydrogen-bond donors (Lipinski definition) is 0. The Morgan fingerprint density at radius 2 is 0.679 bits per heavy atom. The second-order valence-electron chi connectivity index (χ2n) is 14.0. The lowest BCUT2D eigenvalue weighted by molar-refractivity contribution is 1.32. The van der Waals surface area contributed by atoms with Crippen molar-refractivity contribution in [1.82, 2.24) is 15.0 Å². The molecule has 0 bridgehead atoms. The Morgan fingerprint density at radius 3 is 1.29 bits per heavy atom. The maximum Gasteiger partial charge on any atom is 0.0978 e. The Balaban J connectivity index is 1.07. The van der Waals surface area contributed by atoms with Gasteiger partial charge in [0.25, 0.3) is 0 Å². The number of hydrogen-bond acceptors (Lipinski definition) is 3. The minimum absolute atomic E-state index is 0.890. The first kappa shape index (κ1) is 33.1. The zero-order chi connectivity index (χ0) is 37.3. The summed E-state index contributed by atoms with van der Waals surface area (Å²) in [4.78, 5) is 15.8. The zero-order valence-corrected chi connectivity index (χ0v) is 30.5. The lowest BCUT2D eigenvalue weighted by atomic mass is 9.96. The Labute approximate surface area is 326 Å². The van der Waals surface area contributed by atoms with Crippen LogP contribution in [0.1, 0.15) is 0 Å². The molecule has 3 heterocycles. The molecule has 0 aliphatic carbocycles. The molecule has 7 aromatic carbocycles. The Bertz CT molecular complexity index is 2940. The van der Waals surface area contributed by atoms with E-state index in [1.165, 1.54) is 0 Å². The third kappa shape index (κ3) is 6.42. The Morgan fingerprint density at radius 1 is 0.232 bits per heavy atom. The average Bonchev–Trinajstić information content (AvgIpc) is 3.29. The summed E-state index contributed by atoms with van der Waals surface area (Å²) >= 11 is 0. The summed E-state index contributed by atoms with van der Waals surface area (Å²) in [5.41, 5.74) is 16.6. The fourth-order valence-electron chi connectivity index (χ4n) is 7.59. The molecule has 0 unspecified atom stereocenters. The molecule has 0 atom stereocenters.